The van der Waals surface area contributed by atoms with Crippen LogP contribution in [0.3, 0.4) is 0 Å². The molecule has 0 saturated heterocycles. The molecule has 0 radical (unpaired) electrons. The van der Waals surface area contributed by atoms with Crippen molar-refractivity contribution in [2.24, 2.45) is 0 Å². The van der Waals surface area contributed by atoms with E-state index < -0.39 is 0 Å². The summed E-state index contributed by atoms with van der Waals surface area (Å²) in [5, 5.41) is 11.3. The van der Waals surface area contributed by atoms with Crippen molar-refractivity contribution < 1.29 is 10.1 Å². The number of nitrogens with zero attached hydrogens (tertiary/aromatic N) is 1. The molecule has 0 aliphatic carbocycles. The molecule has 1 heterocycles. The Balaban J connectivity index is 1.45. The number of fused-ring (bicyclic) bond motifs is 1. The number of anilines is 1. The fourth-order valence-corrected chi connectivity index (χ4v) is 5.12. The summed E-state index contributed by atoms with van der Waals surface area (Å²) in [5.41, 5.74) is 4.09. The van der Waals surface area contributed by atoms with Gasteiger partial charge >= 0.3 is 5.90 Å². The van der Waals surface area contributed by atoms with Gasteiger partial charge < -0.3 is 9.41 Å². The molecule has 4 rings (SSSR count). The number of benzene rings is 3. The van der Waals surface area contributed by atoms with Crippen LogP contribution in [-0.4, -0.2) is 23.8 Å². The number of thioether (sulfide) groups is 1. The molecule has 0 aromatic heterocycles. The first kappa shape index (κ1) is 20.2. The van der Waals surface area contributed by atoms with Crippen molar-refractivity contribution in [3.05, 3.63) is 82.9 Å². The zero-order valence-electron chi connectivity index (χ0n) is 16.1. The second-order valence-corrected chi connectivity index (χ2v) is 9.61. The molecule has 0 atom stereocenters. The van der Waals surface area contributed by atoms with E-state index in [9.17, 15) is 5.11 Å². The summed E-state index contributed by atoms with van der Waals surface area (Å²) < 4.78 is 2.09. The molecule has 0 saturated carbocycles. The van der Waals surface area contributed by atoms with Crippen molar-refractivity contribution in [3.8, 4) is 0 Å². The van der Waals surface area contributed by atoms with E-state index >= 15 is 0 Å². The summed E-state index contributed by atoms with van der Waals surface area (Å²) in [6, 6.07) is 22.0. The van der Waals surface area contributed by atoms with Crippen LogP contribution in [0.25, 0.3) is 0 Å². The van der Waals surface area contributed by atoms with Crippen molar-refractivity contribution >= 4 is 52.6 Å². The standard InChI is InChI=1S/C23H21ClN2OS2/c1-26(20-9-5-18(24)6-10-20)29-21-11-7-19(8-12-21)25-23(27)17-4-13-22-16(15-17)3-2-14-28-22/h4-13,15H,2-3,14H2,1H3,(H,25,27)/p+1. The minimum absolute atomic E-state index is 0.182. The lowest BCUT2D eigenvalue weighted by Gasteiger charge is -2.17. The fourth-order valence-electron chi connectivity index (χ4n) is 3.18. The SMILES string of the molecule is CN(Sc1ccc([NH+]=C(O)c2ccc3c(c2)CCCS3)cc1)c1ccc(Cl)cc1. The number of hydrogen-bond donors (Lipinski definition) is 2. The van der Waals surface area contributed by atoms with E-state index in [4.69, 9.17) is 11.6 Å². The first-order valence-electron chi connectivity index (χ1n) is 9.45. The van der Waals surface area contributed by atoms with Gasteiger partial charge in [0.2, 0.25) is 5.69 Å². The van der Waals surface area contributed by atoms with Crippen molar-refractivity contribution in [2.75, 3.05) is 17.1 Å². The minimum Gasteiger partial charge on any atom is -0.459 e. The van der Waals surface area contributed by atoms with Gasteiger partial charge in [-0.15, -0.1) is 11.8 Å². The number of hydrogen-bond acceptors (Lipinski definition) is 3. The average Bonchev–Trinajstić information content (AvgIpc) is 2.75. The van der Waals surface area contributed by atoms with E-state index in [-0.39, 0.29) is 5.90 Å². The molecule has 0 fully saturated rings. The Bertz CT molecular complexity index is 1020. The van der Waals surface area contributed by atoms with Gasteiger partial charge in [0, 0.05) is 39.7 Å². The highest BCUT2D eigenvalue weighted by Crippen LogP contribution is 2.30. The van der Waals surface area contributed by atoms with Crippen molar-refractivity contribution in [3.63, 3.8) is 0 Å². The van der Waals surface area contributed by atoms with Crippen LogP contribution in [0.15, 0.2) is 76.5 Å². The molecule has 148 valence electrons. The van der Waals surface area contributed by atoms with E-state index in [2.05, 4.69) is 21.4 Å². The molecule has 3 aromatic carbocycles. The molecule has 1 aliphatic rings. The van der Waals surface area contributed by atoms with E-state index in [1.165, 1.54) is 22.6 Å². The number of aliphatic hydroxyl groups excluding tert-OH is 1. The van der Waals surface area contributed by atoms with Gasteiger partial charge in [0.15, 0.2) is 0 Å². The van der Waals surface area contributed by atoms with E-state index in [1.54, 1.807) is 11.9 Å². The molecule has 0 amide bonds. The van der Waals surface area contributed by atoms with Gasteiger partial charge in [-0.25, -0.2) is 0 Å². The number of aliphatic hydroxyl groups is 1. The van der Waals surface area contributed by atoms with Crippen molar-refractivity contribution in [2.45, 2.75) is 22.6 Å². The van der Waals surface area contributed by atoms with E-state index in [0.717, 1.165) is 33.3 Å². The molecule has 0 unspecified atom stereocenters. The maximum absolute atomic E-state index is 10.5. The Labute approximate surface area is 184 Å². The Morgan fingerprint density at radius 3 is 2.59 bits per heavy atom. The smallest absolute Gasteiger partial charge is 0.371 e. The number of halogens is 1. The van der Waals surface area contributed by atoms with E-state index in [0.29, 0.717) is 0 Å². The Morgan fingerprint density at radius 1 is 1.07 bits per heavy atom. The number of rotatable bonds is 5. The fraction of sp³-hybridized carbons (Fsp3) is 0.174. The highest BCUT2D eigenvalue weighted by Gasteiger charge is 2.15. The molecule has 6 heteroatoms. The molecule has 3 nitrogen and oxygen atoms in total. The van der Waals surface area contributed by atoms with E-state index in [1.807, 2.05) is 73.4 Å². The molecule has 3 aromatic rings. The predicted molar refractivity (Wildman–Crippen MR) is 125 cm³/mol. The van der Waals surface area contributed by atoms with Gasteiger partial charge in [-0.2, -0.15) is 4.99 Å². The molecule has 0 spiro atoms. The van der Waals surface area contributed by atoms with Crippen LogP contribution in [0.2, 0.25) is 5.02 Å². The predicted octanol–water partition coefficient (Wildman–Crippen LogP) is 5.24. The lowest BCUT2D eigenvalue weighted by molar-refractivity contribution is -0.364. The molecular weight excluding hydrogens is 420 g/mol. The Hall–Kier alpha value is -2.08. The Kier molecular flexibility index (Phi) is 6.38. The second kappa shape index (κ2) is 9.16. The third kappa shape index (κ3) is 5.10. The van der Waals surface area contributed by atoms with Crippen LogP contribution in [0.4, 0.5) is 11.4 Å². The first-order valence-corrected chi connectivity index (χ1v) is 11.6. The quantitative estimate of drug-likeness (QED) is 0.322. The van der Waals surface area contributed by atoms with Gasteiger partial charge in [0.05, 0.1) is 5.56 Å². The van der Waals surface area contributed by atoms with Gasteiger partial charge in [0.25, 0.3) is 0 Å². The third-order valence-electron chi connectivity index (χ3n) is 4.73. The summed E-state index contributed by atoms with van der Waals surface area (Å²) in [6.45, 7) is 0. The minimum atomic E-state index is 0.182. The monoisotopic (exact) mass is 441 g/mol. The summed E-state index contributed by atoms with van der Waals surface area (Å²) in [6.07, 6.45) is 2.27. The highest BCUT2D eigenvalue weighted by atomic mass is 35.5. The van der Waals surface area contributed by atoms with Crippen molar-refractivity contribution in [1.29, 1.82) is 0 Å². The largest absolute Gasteiger partial charge is 0.459 e. The molecule has 2 N–H and O–H groups in total. The zero-order chi connectivity index (χ0) is 20.2. The molecule has 29 heavy (non-hydrogen) atoms. The zero-order valence-corrected chi connectivity index (χ0v) is 18.4. The normalized spacial score (nSPS) is 13.8. The van der Waals surface area contributed by atoms with Gasteiger partial charge in [0.1, 0.15) is 0 Å². The summed E-state index contributed by atoms with van der Waals surface area (Å²) in [5.74, 6) is 1.36. The maximum atomic E-state index is 10.5. The maximum Gasteiger partial charge on any atom is 0.371 e. The van der Waals surface area contributed by atoms with Crippen LogP contribution in [0.5, 0.6) is 0 Å². The number of nitrogens with one attached hydrogen (secondary N) is 1. The van der Waals surface area contributed by atoms with Crippen LogP contribution in [0.1, 0.15) is 17.5 Å². The van der Waals surface area contributed by atoms with Crippen LogP contribution in [-0.2, 0) is 6.42 Å². The van der Waals surface area contributed by atoms with Gasteiger partial charge in [-0.05, 0) is 90.7 Å². The van der Waals surface area contributed by atoms with Crippen LogP contribution < -0.4 is 9.30 Å². The van der Waals surface area contributed by atoms with Gasteiger partial charge in [-0.3, -0.25) is 0 Å². The molecule has 1 aliphatic heterocycles. The second-order valence-electron chi connectivity index (χ2n) is 6.84. The van der Waals surface area contributed by atoms with Crippen molar-refractivity contribution in [1.82, 2.24) is 0 Å². The highest BCUT2D eigenvalue weighted by molar-refractivity contribution is 8.00. The third-order valence-corrected chi connectivity index (χ3v) is 7.15. The summed E-state index contributed by atoms with van der Waals surface area (Å²) in [4.78, 5) is 5.55. The number of aryl methyl sites for hydroxylation is 1. The average molecular weight is 442 g/mol. The van der Waals surface area contributed by atoms with Gasteiger partial charge in [-0.1, -0.05) is 11.6 Å². The lowest BCUT2D eigenvalue weighted by Crippen LogP contribution is -2.66. The summed E-state index contributed by atoms with van der Waals surface area (Å²) >= 11 is 9.49. The Morgan fingerprint density at radius 2 is 1.83 bits per heavy atom. The molecular formula is C23H22ClN2OS2+. The van der Waals surface area contributed by atoms with Crippen LogP contribution in [0, 0.1) is 0 Å². The lowest BCUT2D eigenvalue weighted by atomic mass is 10.1. The van der Waals surface area contributed by atoms with Crippen LogP contribution >= 0.6 is 35.3 Å². The molecule has 0 bridgehead atoms. The first-order chi connectivity index (χ1) is 14.1. The topological polar surface area (TPSA) is 37.4 Å². The summed E-state index contributed by atoms with van der Waals surface area (Å²) in [7, 11) is 2.02.